The van der Waals surface area contributed by atoms with Crippen molar-refractivity contribution >= 4 is 29.9 Å². The Morgan fingerprint density at radius 3 is 2.66 bits per heavy atom. The maximum Gasteiger partial charge on any atom is 0.194 e. The SMILES string of the molecule is CCNC(=NCC1CN2CCN1CC2)N(C)Cc1ncc(-c2ccccc2)[nH]1.I. The highest BCUT2D eigenvalue weighted by Crippen LogP contribution is 2.17. The Morgan fingerprint density at radius 1 is 1.24 bits per heavy atom. The van der Waals surface area contributed by atoms with Crippen molar-refractivity contribution in [1.82, 2.24) is 30.0 Å². The highest BCUT2D eigenvalue weighted by molar-refractivity contribution is 14.0. The Kier molecular flexibility index (Phi) is 7.91. The van der Waals surface area contributed by atoms with Crippen LogP contribution in [0.2, 0.25) is 0 Å². The van der Waals surface area contributed by atoms with Gasteiger partial charge in [-0.15, -0.1) is 24.0 Å². The van der Waals surface area contributed by atoms with Crippen molar-refractivity contribution in [3.05, 3.63) is 42.4 Å². The zero-order valence-electron chi connectivity index (χ0n) is 17.3. The van der Waals surface area contributed by atoms with Crippen LogP contribution in [0.25, 0.3) is 11.3 Å². The molecule has 0 saturated carbocycles. The molecule has 3 aliphatic rings. The number of aromatic amines is 1. The average Bonchev–Trinajstić information content (AvgIpc) is 3.21. The number of nitrogens with zero attached hydrogens (tertiary/aromatic N) is 5. The number of hydrogen-bond acceptors (Lipinski definition) is 4. The number of hydrogen-bond donors (Lipinski definition) is 2. The maximum atomic E-state index is 4.94. The quantitative estimate of drug-likeness (QED) is 0.355. The van der Waals surface area contributed by atoms with E-state index in [9.17, 15) is 0 Å². The Hall–Kier alpha value is -1.65. The second-order valence-corrected chi connectivity index (χ2v) is 7.65. The van der Waals surface area contributed by atoms with E-state index >= 15 is 0 Å². The molecule has 7 nitrogen and oxygen atoms in total. The zero-order chi connectivity index (χ0) is 19.3. The van der Waals surface area contributed by atoms with Gasteiger partial charge in [-0.2, -0.15) is 0 Å². The summed E-state index contributed by atoms with van der Waals surface area (Å²) in [4.78, 5) is 20.2. The molecule has 2 aromatic rings. The third-order valence-electron chi connectivity index (χ3n) is 5.64. The van der Waals surface area contributed by atoms with Crippen LogP contribution in [0.15, 0.2) is 41.5 Å². The van der Waals surface area contributed by atoms with Gasteiger partial charge in [0.2, 0.25) is 0 Å². The number of benzene rings is 1. The highest BCUT2D eigenvalue weighted by atomic mass is 127. The predicted molar refractivity (Wildman–Crippen MR) is 129 cm³/mol. The lowest BCUT2D eigenvalue weighted by Gasteiger charge is -2.47. The van der Waals surface area contributed by atoms with Crippen molar-refractivity contribution in [2.45, 2.75) is 19.5 Å². The van der Waals surface area contributed by atoms with E-state index in [4.69, 9.17) is 4.99 Å². The van der Waals surface area contributed by atoms with Gasteiger partial charge >= 0.3 is 0 Å². The first kappa shape index (κ1) is 22.0. The fourth-order valence-corrected chi connectivity index (χ4v) is 4.07. The van der Waals surface area contributed by atoms with Gasteiger partial charge in [0.25, 0.3) is 0 Å². The van der Waals surface area contributed by atoms with Crippen molar-refractivity contribution in [2.24, 2.45) is 4.99 Å². The predicted octanol–water partition coefficient (Wildman–Crippen LogP) is 2.09. The first-order chi connectivity index (χ1) is 13.7. The Balaban J connectivity index is 0.00000240. The number of guanidine groups is 1. The van der Waals surface area contributed by atoms with E-state index < -0.39 is 0 Å². The van der Waals surface area contributed by atoms with Gasteiger partial charge in [0.1, 0.15) is 5.82 Å². The molecule has 0 spiro atoms. The summed E-state index contributed by atoms with van der Waals surface area (Å²) in [6.45, 7) is 10.4. The molecule has 0 aliphatic carbocycles. The molecular formula is C21H32IN7. The van der Waals surface area contributed by atoms with Crippen LogP contribution in [0.3, 0.4) is 0 Å². The number of H-pyrrole nitrogens is 1. The van der Waals surface area contributed by atoms with E-state index in [2.05, 4.69) is 56.1 Å². The molecule has 29 heavy (non-hydrogen) atoms. The topological polar surface area (TPSA) is 62.8 Å². The average molecular weight is 509 g/mol. The summed E-state index contributed by atoms with van der Waals surface area (Å²) in [6, 6.07) is 10.8. The molecule has 1 atom stereocenters. The van der Waals surface area contributed by atoms with Crippen LogP contribution in [-0.4, -0.2) is 89.5 Å². The van der Waals surface area contributed by atoms with Crippen molar-refractivity contribution in [2.75, 3.05) is 52.9 Å². The summed E-state index contributed by atoms with van der Waals surface area (Å²) in [5.74, 6) is 1.89. The molecule has 0 amide bonds. The number of halogens is 1. The molecule has 5 rings (SSSR count). The lowest BCUT2D eigenvalue weighted by atomic mass is 10.1. The summed E-state index contributed by atoms with van der Waals surface area (Å²) in [6.07, 6.45) is 1.91. The fourth-order valence-electron chi connectivity index (χ4n) is 4.07. The van der Waals surface area contributed by atoms with Gasteiger partial charge in [0.05, 0.1) is 25.0 Å². The van der Waals surface area contributed by atoms with E-state index in [-0.39, 0.29) is 24.0 Å². The number of imidazole rings is 1. The number of aromatic nitrogens is 2. The molecule has 2 N–H and O–H groups in total. The fraction of sp³-hybridized carbons (Fsp3) is 0.524. The number of fused-ring (bicyclic) bond motifs is 3. The summed E-state index contributed by atoms with van der Waals surface area (Å²) in [5, 5.41) is 3.43. The van der Waals surface area contributed by atoms with Gasteiger partial charge in [-0.25, -0.2) is 4.98 Å². The molecule has 3 fully saturated rings. The molecule has 1 aromatic carbocycles. The third-order valence-corrected chi connectivity index (χ3v) is 5.64. The standard InChI is InChI=1S/C21H31N7.HI/c1-3-22-21(24-13-18-15-27-9-11-28(18)12-10-27)26(2)16-20-23-14-19(25-20)17-7-5-4-6-8-17;/h4-8,14,18H,3,9-13,15-16H2,1-2H3,(H,22,24)(H,23,25);1H. The van der Waals surface area contributed by atoms with Gasteiger partial charge < -0.3 is 15.2 Å². The first-order valence-corrected chi connectivity index (χ1v) is 10.3. The summed E-state index contributed by atoms with van der Waals surface area (Å²) >= 11 is 0. The van der Waals surface area contributed by atoms with Gasteiger partial charge in [-0.3, -0.25) is 14.8 Å². The minimum Gasteiger partial charge on any atom is -0.357 e. The molecule has 1 aromatic heterocycles. The van der Waals surface area contributed by atoms with Crippen molar-refractivity contribution < 1.29 is 0 Å². The molecule has 2 bridgehead atoms. The van der Waals surface area contributed by atoms with Crippen LogP contribution in [-0.2, 0) is 6.54 Å². The van der Waals surface area contributed by atoms with Crippen LogP contribution in [0.5, 0.6) is 0 Å². The van der Waals surface area contributed by atoms with Gasteiger partial charge in [-0.05, 0) is 12.5 Å². The summed E-state index contributed by atoms with van der Waals surface area (Å²) in [5.41, 5.74) is 2.20. The van der Waals surface area contributed by atoms with E-state index in [0.717, 1.165) is 42.7 Å². The Bertz CT molecular complexity index is 783. The van der Waals surface area contributed by atoms with Crippen LogP contribution < -0.4 is 5.32 Å². The van der Waals surface area contributed by atoms with Gasteiger partial charge in [0, 0.05) is 52.4 Å². The summed E-state index contributed by atoms with van der Waals surface area (Å²) < 4.78 is 0. The second-order valence-electron chi connectivity index (χ2n) is 7.65. The molecular weight excluding hydrogens is 477 g/mol. The Morgan fingerprint density at radius 2 is 2.00 bits per heavy atom. The van der Waals surface area contributed by atoms with Crippen LogP contribution in [0, 0.1) is 0 Å². The van der Waals surface area contributed by atoms with Crippen LogP contribution in [0.1, 0.15) is 12.7 Å². The number of aliphatic imine (C=N–C) groups is 1. The van der Waals surface area contributed by atoms with Crippen molar-refractivity contribution in [3.8, 4) is 11.3 Å². The molecule has 158 valence electrons. The molecule has 8 heteroatoms. The van der Waals surface area contributed by atoms with E-state index in [1.807, 2.05) is 24.4 Å². The van der Waals surface area contributed by atoms with Gasteiger partial charge in [0.15, 0.2) is 5.96 Å². The number of nitrogens with one attached hydrogen (secondary N) is 2. The lowest BCUT2D eigenvalue weighted by Crippen LogP contribution is -2.62. The van der Waals surface area contributed by atoms with Crippen LogP contribution in [0.4, 0.5) is 0 Å². The molecule has 3 aliphatic heterocycles. The third kappa shape index (κ3) is 5.49. The van der Waals surface area contributed by atoms with Crippen molar-refractivity contribution in [3.63, 3.8) is 0 Å². The normalized spacial score (nSPS) is 23.5. The van der Waals surface area contributed by atoms with E-state index in [1.165, 1.54) is 26.2 Å². The molecule has 4 heterocycles. The number of piperazine rings is 3. The lowest BCUT2D eigenvalue weighted by molar-refractivity contribution is 0.0173. The van der Waals surface area contributed by atoms with Crippen molar-refractivity contribution in [1.29, 1.82) is 0 Å². The smallest absolute Gasteiger partial charge is 0.194 e. The number of rotatable bonds is 6. The van der Waals surface area contributed by atoms with E-state index in [1.54, 1.807) is 0 Å². The van der Waals surface area contributed by atoms with E-state index in [0.29, 0.717) is 12.6 Å². The summed E-state index contributed by atoms with van der Waals surface area (Å²) in [7, 11) is 2.07. The zero-order valence-corrected chi connectivity index (χ0v) is 19.7. The monoisotopic (exact) mass is 509 g/mol. The minimum atomic E-state index is 0. The first-order valence-electron chi connectivity index (χ1n) is 10.3. The largest absolute Gasteiger partial charge is 0.357 e. The molecule has 1 unspecified atom stereocenters. The second kappa shape index (κ2) is 10.4. The minimum absolute atomic E-state index is 0. The highest BCUT2D eigenvalue weighted by Gasteiger charge is 2.31. The Labute approximate surface area is 190 Å². The van der Waals surface area contributed by atoms with Crippen LogP contribution >= 0.6 is 24.0 Å². The molecule has 3 saturated heterocycles. The molecule has 0 radical (unpaired) electrons. The maximum absolute atomic E-state index is 4.94. The van der Waals surface area contributed by atoms with Gasteiger partial charge in [-0.1, -0.05) is 30.3 Å².